The maximum atomic E-state index is 12.7. The number of carbonyl (C=O) groups is 2. The fourth-order valence-corrected chi connectivity index (χ4v) is 3.83. The monoisotopic (exact) mass is 382 g/mol. The molecule has 1 amide bonds. The highest BCUT2D eigenvalue weighted by Crippen LogP contribution is 2.31. The number of ether oxygens (including phenoxy) is 1. The second-order valence-electron chi connectivity index (χ2n) is 7.24. The molecule has 2 aliphatic rings. The zero-order valence-electron chi connectivity index (χ0n) is 15.2. The summed E-state index contributed by atoms with van der Waals surface area (Å²) < 4.78 is 5.70. The van der Waals surface area contributed by atoms with Crippen molar-refractivity contribution in [1.82, 2.24) is 10.2 Å². The van der Waals surface area contributed by atoms with Crippen LogP contribution in [0.3, 0.4) is 0 Å². The molecule has 0 bridgehead atoms. The molecule has 0 unspecified atom stereocenters. The number of carboxylic acid groups (broad SMARTS) is 1. The summed E-state index contributed by atoms with van der Waals surface area (Å²) in [5, 5.41) is 22.3. The first-order chi connectivity index (χ1) is 13.5. The van der Waals surface area contributed by atoms with E-state index in [1.807, 2.05) is 18.2 Å². The zero-order valence-corrected chi connectivity index (χ0v) is 15.2. The average Bonchev–Trinajstić information content (AvgIpc) is 3.14. The summed E-state index contributed by atoms with van der Waals surface area (Å²) in [5.74, 6) is -1.09. The third kappa shape index (κ3) is 3.53. The topological polar surface area (TPSA) is 99.1 Å². The van der Waals surface area contributed by atoms with Gasteiger partial charge in [0, 0.05) is 6.54 Å². The second-order valence-corrected chi connectivity index (χ2v) is 7.24. The fourth-order valence-electron chi connectivity index (χ4n) is 3.83. The number of hydrogen-bond donors (Lipinski definition) is 3. The van der Waals surface area contributed by atoms with Gasteiger partial charge < -0.3 is 25.2 Å². The van der Waals surface area contributed by atoms with E-state index < -0.39 is 5.97 Å². The van der Waals surface area contributed by atoms with Crippen LogP contribution in [0.25, 0.3) is 0 Å². The van der Waals surface area contributed by atoms with E-state index in [0.717, 1.165) is 13.0 Å². The van der Waals surface area contributed by atoms with Crippen LogP contribution in [0.2, 0.25) is 0 Å². The second kappa shape index (κ2) is 7.52. The van der Waals surface area contributed by atoms with Crippen molar-refractivity contribution in [2.24, 2.45) is 0 Å². The number of rotatable bonds is 5. The Morgan fingerprint density at radius 2 is 1.82 bits per heavy atom. The number of nitrogens with one attached hydrogen (secondary N) is 1. The minimum atomic E-state index is -1.25. The molecule has 28 heavy (non-hydrogen) atoms. The molecule has 7 heteroatoms. The van der Waals surface area contributed by atoms with Gasteiger partial charge in [-0.25, -0.2) is 4.79 Å². The average molecular weight is 382 g/mol. The number of phenols is 1. The minimum Gasteiger partial charge on any atom is -0.507 e. The molecule has 0 saturated carbocycles. The number of nitrogens with zero attached hydrogens (tertiary/aromatic N) is 1. The molecule has 3 N–H and O–H groups in total. The van der Waals surface area contributed by atoms with Crippen molar-refractivity contribution < 1.29 is 24.5 Å². The molecule has 2 aliphatic heterocycles. The molecular weight excluding hydrogens is 360 g/mol. The van der Waals surface area contributed by atoms with Gasteiger partial charge in [0.15, 0.2) is 0 Å². The predicted octanol–water partition coefficient (Wildman–Crippen LogP) is 1.83. The van der Waals surface area contributed by atoms with Crippen LogP contribution in [0.4, 0.5) is 0 Å². The molecule has 0 aliphatic carbocycles. The van der Waals surface area contributed by atoms with Gasteiger partial charge in [0.25, 0.3) is 0 Å². The largest absolute Gasteiger partial charge is 0.507 e. The minimum absolute atomic E-state index is 0.0487. The Balaban J connectivity index is 1.32. The summed E-state index contributed by atoms with van der Waals surface area (Å²) >= 11 is 0. The van der Waals surface area contributed by atoms with Gasteiger partial charge in [-0.15, -0.1) is 0 Å². The molecular formula is C21H22N2O5. The lowest BCUT2D eigenvalue weighted by molar-refractivity contribution is -0.142. The molecule has 2 heterocycles. The Bertz CT molecular complexity index is 880. The van der Waals surface area contributed by atoms with E-state index >= 15 is 0 Å². The van der Waals surface area contributed by atoms with Crippen molar-refractivity contribution in [3.8, 4) is 11.5 Å². The van der Waals surface area contributed by atoms with E-state index in [-0.39, 0.29) is 35.1 Å². The summed E-state index contributed by atoms with van der Waals surface area (Å²) in [6.07, 6.45) is 0.482. The maximum absolute atomic E-state index is 12.7. The van der Waals surface area contributed by atoms with Crippen molar-refractivity contribution in [2.75, 3.05) is 19.6 Å². The highest BCUT2D eigenvalue weighted by molar-refractivity contribution is 5.94. The Kier molecular flexibility index (Phi) is 4.92. The van der Waals surface area contributed by atoms with Crippen LogP contribution >= 0.6 is 0 Å². The molecule has 2 aromatic carbocycles. The van der Waals surface area contributed by atoms with Crippen LogP contribution in [0.5, 0.6) is 11.5 Å². The maximum Gasteiger partial charge on any atom is 0.343 e. The van der Waals surface area contributed by atoms with Gasteiger partial charge >= 0.3 is 5.97 Å². The molecule has 146 valence electrons. The zero-order chi connectivity index (χ0) is 19.7. The molecule has 2 aromatic rings. The van der Waals surface area contributed by atoms with E-state index in [1.165, 1.54) is 23.8 Å². The summed E-state index contributed by atoms with van der Waals surface area (Å²) in [6, 6.07) is 14.3. The Morgan fingerprint density at radius 1 is 1.07 bits per heavy atom. The molecule has 0 spiro atoms. The molecule has 2 fully saturated rings. The lowest BCUT2D eigenvalue weighted by Gasteiger charge is -2.40. The number of carboxylic acids is 1. The van der Waals surface area contributed by atoms with Gasteiger partial charge in [-0.05, 0) is 30.0 Å². The van der Waals surface area contributed by atoms with Crippen molar-refractivity contribution in [3.63, 3.8) is 0 Å². The summed E-state index contributed by atoms with van der Waals surface area (Å²) in [5.41, 5.74) is 0.982. The van der Waals surface area contributed by atoms with Crippen LogP contribution in [0.15, 0.2) is 48.5 Å². The van der Waals surface area contributed by atoms with Crippen LogP contribution < -0.4 is 10.1 Å². The number of hydrogen-bond acceptors (Lipinski definition) is 5. The number of aromatic hydroxyl groups is 1. The van der Waals surface area contributed by atoms with Crippen molar-refractivity contribution in [1.29, 1.82) is 0 Å². The quantitative estimate of drug-likeness (QED) is 0.730. The van der Waals surface area contributed by atoms with Crippen molar-refractivity contribution >= 4 is 11.9 Å². The van der Waals surface area contributed by atoms with E-state index in [1.54, 1.807) is 4.90 Å². The summed E-state index contributed by atoms with van der Waals surface area (Å²) in [6.45, 7) is 1.59. The van der Waals surface area contributed by atoms with Gasteiger partial charge in [-0.1, -0.05) is 36.4 Å². The summed E-state index contributed by atoms with van der Waals surface area (Å²) in [4.78, 5) is 25.7. The van der Waals surface area contributed by atoms with Crippen LogP contribution in [-0.2, 0) is 4.79 Å². The summed E-state index contributed by atoms with van der Waals surface area (Å²) in [7, 11) is 0. The van der Waals surface area contributed by atoms with E-state index in [4.69, 9.17) is 4.74 Å². The lowest BCUT2D eigenvalue weighted by Crippen LogP contribution is -2.59. The van der Waals surface area contributed by atoms with Crippen LogP contribution in [0.1, 0.15) is 28.3 Å². The first kappa shape index (κ1) is 18.3. The first-order valence-corrected chi connectivity index (χ1v) is 9.32. The third-order valence-electron chi connectivity index (χ3n) is 5.37. The normalized spacial score (nSPS) is 21.9. The first-order valence-electron chi connectivity index (χ1n) is 9.32. The highest BCUT2D eigenvalue weighted by Gasteiger charge is 2.39. The molecule has 2 atom stereocenters. The van der Waals surface area contributed by atoms with Crippen LogP contribution in [-0.4, -0.2) is 58.8 Å². The van der Waals surface area contributed by atoms with Crippen molar-refractivity contribution in [2.45, 2.75) is 24.5 Å². The Labute approximate surface area is 162 Å². The standard InChI is InChI=1S/C21H22N2O5/c24-17-7-4-8-18(19(17)21(26)27)28-15-11-23(12-15)20(25)16-9-14(10-22-16)13-5-2-1-3-6-13/h1-8,14-16,22,24H,9-12H2,(H,26,27)/t14-,16-/m0/s1. The molecule has 7 nitrogen and oxygen atoms in total. The molecule has 0 aromatic heterocycles. The molecule has 0 radical (unpaired) electrons. The Morgan fingerprint density at radius 3 is 2.54 bits per heavy atom. The van der Waals surface area contributed by atoms with E-state index in [0.29, 0.717) is 19.0 Å². The smallest absolute Gasteiger partial charge is 0.343 e. The van der Waals surface area contributed by atoms with Crippen LogP contribution in [0, 0.1) is 0 Å². The number of aromatic carboxylic acids is 1. The van der Waals surface area contributed by atoms with Gasteiger partial charge in [-0.3, -0.25) is 4.79 Å². The van der Waals surface area contributed by atoms with Gasteiger partial charge in [0.05, 0.1) is 19.1 Å². The number of carbonyl (C=O) groups excluding carboxylic acids is 1. The number of benzene rings is 2. The van der Waals surface area contributed by atoms with Gasteiger partial charge in [0.2, 0.25) is 5.91 Å². The molecule has 4 rings (SSSR count). The van der Waals surface area contributed by atoms with E-state index in [9.17, 15) is 19.8 Å². The van der Waals surface area contributed by atoms with E-state index in [2.05, 4.69) is 17.4 Å². The predicted molar refractivity (Wildman–Crippen MR) is 102 cm³/mol. The van der Waals surface area contributed by atoms with Gasteiger partial charge in [-0.2, -0.15) is 0 Å². The lowest BCUT2D eigenvalue weighted by atomic mass is 9.95. The highest BCUT2D eigenvalue weighted by atomic mass is 16.5. The van der Waals surface area contributed by atoms with Gasteiger partial charge in [0.1, 0.15) is 23.2 Å². The SMILES string of the molecule is O=C(O)c1c(O)cccc1OC1CN(C(=O)[C@@H]2C[C@H](c3ccccc3)CN2)C1. The number of amides is 1. The third-order valence-corrected chi connectivity index (χ3v) is 5.37. The number of likely N-dealkylation sites (tertiary alicyclic amines) is 1. The molecule has 2 saturated heterocycles. The van der Waals surface area contributed by atoms with Crippen molar-refractivity contribution in [3.05, 3.63) is 59.7 Å². The fraction of sp³-hybridized carbons (Fsp3) is 0.333. The Hall–Kier alpha value is -3.06.